The molecule has 0 aromatic carbocycles. The highest BCUT2D eigenvalue weighted by Gasteiger charge is 2.41. The number of ether oxygens (including phenoxy) is 1. The largest absolute Gasteiger partial charge is 0.367 e. The van der Waals surface area contributed by atoms with Gasteiger partial charge >= 0.3 is 12.3 Å². The summed E-state index contributed by atoms with van der Waals surface area (Å²) < 4.78 is 58.1. The van der Waals surface area contributed by atoms with Gasteiger partial charge in [-0.3, -0.25) is 0 Å². The maximum atomic E-state index is 12.5. The van der Waals surface area contributed by atoms with Crippen LogP contribution in [0.25, 0.3) is 0 Å². The summed E-state index contributed by atoms with van der Waals surface area (Å²) in [4.78, 5) is 3.90. The van der Waals surface area contributed by atoms with Crippen LogP contribution in [0.15, 0.2) is 4.52 Å². The van der Waals surface area contributed by atoms with E-state index in [0.717, 1.165) is 0 Å². The van der Waals surface area contributed by atoms with Crippen LogP contribution in [0.5, 0.6) is 0 Å². The van der Waals surface area contributed by atoms with E-state index in [1.165, 1.54) is 0 Å². The van der Waals surface area contributed by atoms with Crippen molar-refractivity contribution in [2.45, 2.75) is 38.8 Å². The lowest BCUT2D eigenvalue weighted by molar-refractivity contribution is -0.168. The molecule has 1 heterocycles. The molecule has 1 unspecified atom stereocenters. The highest BCUT2D eigenvalue weighted by molar-refractivity contribution is 4.90. The summed E-state index contributed by atoms with van der Waals surface area (Å²) in [6, 6.07) is -0.186. The summed E-state index contributed by atoms with van der Waals surface area (Å²) in [7, 11) is 0. The van der Waals surface area contributed by atoms with E-state index in [1.54, 1.807) is 6.92 Å². The molecule has 5 nitrogen and oxygen atoms in total. The van der Waals surface area contributed by atoms with Crippen LogP contribution < -0.4 is 5.32 Å². The van der Waals surface area contributed by atoms with Gasteiger partial charge in [0.25, 0.3) is 0 Å². The fourth-order valence-electron chi connectivity index (χ4n) is 1.24. The van der Waals surface area contributed by atoms with Gasteiger partial charge in [-0.25, -0.2) is 8.78 Å². The molecule has 0 aliphatic rings. The van der Waals surface area contributed by atoms with Crippen LogP contribution in [0.3, 0.4) is 0 Å². The van der Waals surface area contributed by atoms with Gasteiger partial charge in [-0.15, -0.1) is 0 Å². The molecule has 1 rings (SSSR count). The summed E-state index contributed by atoms with van der Waals surface area (Å²) >= 11 is 0. The molecule has 0 aliphatic heterocycles. The van der Waals surface area contributed by atoms with Gasteiger partial charge in [-0.1, -0.05) is 12.1 Å². The van der Waals surface area contributed by atoms with E-state index in [9.17, 15) is 17.6 Å². The average molecular weight is 285 g/mol. The predicted octanol–water partition coefficient (Wildman–Crippen LogP) is 2.16. The average Bonchev–Trinajstić information content (AvgIpc) is 2.77. The zero-order chi connectivity index (χ0) is 14.5. The van der Waals surface area contributed by atoms with E-state index >= 15 is 0 Å². The van der Waals surface area contributed by atoms with Gasteiger partial charge in [0.05, 0.1) is 6.04 Å². The minimum atomic E-state index is -4.18. The summed E-state index contributed by atoms with van der Waals surface area (Å²) in [5, 5.41) is 6.51. The Morgan fingerprint density at radius 1 is 1.42 bits per heavy atom. The van der Waals surface area contributed by atoms with E-state index < -0.39 is 25.6 Å². The number of hydrogen-bond donors (Lipinski definition) is 1. The van der Waals surface area contributed by atoms with Crippen LogP contribution in [-0.2, 0) is 11.3 Å². The molecule has 0 amide bonds. The topological polar surface area (TPSA) is 60.2 Å². The van der Waals surface area contributed by atoms with Crippen LogP contribution in [0.1, 0.15) is 31.6 Å². The van der Waals surface area contributed by atoms with Gasteiger partial charge in [0.2, 0.25) is 5.89 Å². The highest BCUT2D eigenvalue weighted by atomic mass is 19.3. The molecule has 1 N–H and O–H groups in total. The first-order valence-corrected chi connectivity index (χ1v) is 5.66. The number of alkyl halides is 4. The van der Waals surface area contributed by atoms with Crippen molar-refractivity contribution in [3.8, 4) is 0 Å². The smallest absolute Gasteiger partial charge is 0.330 e. The van der Waals surface area contributed by atoms with Crippen LogP contribution in [0.2, 0.25) is 0 Å². The van der Waals surface area contributed by atoms with Gasteiger partial charge in [0.15, 0.2) is 5.82 Å². The van der Waals surface area contributed by atoms with E-state index in [4.69, 9.17) is 4.52 Å². The molecule has 0 bridgehead atoms. The molecular weight excluding hydrogens is 270 g/mol. The van der Waals surface area contributed by atoms with Gasteiger partial charge in [0, 0.05) is 0 Å². The second-order valence-corrected chi connectivity index (χ2v) is 3.88. The normalized spacial score (nSPS) is 14.1. The third-order valence-corrected chi connectivity index (χ3v) is 2.21. The molecule has 0 fully saturated rings. The summed E-state index contributed by atoms with van der Waals surface area (Å²) in [6.45, 7) is 2.56. The third-order valence-electron chi connectivity index (χ3n) is 2.21. The van der Waals surface area contributed by atoms with Crippen molar-refractivity contribution in [2.24, 2.45) is 0 Å². The lowest BCUT2D eigenvalue weighted by Crippen LogP contribution is -2.32. The van der Waals surface area contributed by atoms with E-state index in [1.807, 2.05) is 6.92 Å². The van der Waals surface area contributed by atoms with Crippen molar-refractivity contribution in [3.63, 3.8) is 0 Å². The Kier molecular flexibility index (Phi) is 5.67. The van der Waals surface area contributed by atoms with Gasteiger partial charge in [-0.05, 0) is 13.5 Å². The standard InChI is InChI=1S/C10H15F4N3O2/c1-3-15-6(2)8-16-7(17-19-8)4-18-5-10(13,14)9(11)12/h6,9,15H,3-5H2,1-2H3. The van der Waals surface area contributed by atoms with Crippen LogP contribution in [0, 0.1) is 0 Å². The van der Waals surface area contributed by atoms with Crippen molar-refractivity contribution in [1.29, 1.82) is 0 Å². The quantitative estimate of drug-likeness (QED) is 0.742. The Morgan fingerprint density at radius 3 is 2.68 bits per heavy atom. The lowest BCUT2D eigenvalue weighted by atomic mass is 10.3. The number of aromatic nitrogens is 2. The van der Waals surface area contributed by atoms with E-state index in [0.29, 0.717) is 6.54 Å². The summed E-state index contributed by atoms with van der Waals surface area (Å²) in [6.07, 6.45) is -3.76. The van der Waals surface area contributed by atoms with Crippen LogP contribution in [-0.4, -0.2) is 35.6 Å². The molecule has 0 aliphatic carbocycles. The minimum Gasteiger partial charge on any atom is -0.367 e. The Hall–Kier alpha value is -1.22. The fraction of sp³-hybridized carbons (Fsp3) is 0.800. The van der Waals surface area contributed by atoms with Crippen molar-refractivity contribution in [2.75, 3.05) is 13.2 Å². The van der Waals surface area contributed by atoms with E-state index in [-0.39, 0.29) is 17.8 Å². The second kappa shape index (κ2) is 6.80. The first-order valence-electron chi connectivity index (χ1n) is 5.66. The molecule has 0 spiro atoms. The Morgan fingerprint density at radius 2 is 2.11 bits per heavy atom. The molecule has 0 saturated carbocycles. The fourth-order valence-corrected chi connectivity index (χ4v) is 1.24. The molecule has 110 valence electrons. The van der Waals surface area contributed by atoms with Crippen molar-refractivity contribution < 1.29 is 26.8 Å². The maximum Gasteiger partial charge on any atom is 0.330 e. The van der Waals surface area contributed by atoms with E-state index in [2.05, 4.69) is 20.2 Å². The summed E-state index contributed by atoms with van der Waals surface area (Å²) in [5.74, 6) is -3.87. The number of nitrogens with zero attached hydrogens (tertiary/aromatic N) is 2. The van der Waals surface area contributed by atoms with Crippen LogP contribution in [0.4, 0.5) is 17.6 Å². The maximum absolute atomic E-state index is 12.5. The predicted molar refractivity (Wildman–Crippen MR) is 57.0 cm³/mol. The van der Waals surface area contributed by atoms with Gasteiger partial charge in [0.1, 0.15) is 13.2 Å². The van der Waals surface area contributed by atoms with Gasteiger partial charge in [-0.2, -0.15) is 13.8 Å². The molecule has 0 radical (unpaired) electrons. The second-order valence-electron chi connectivity index (χ2n) is 3.88. The summed E-state index contributed by atoms with van der Waals surface area (Å²) in [5.41, 5.74) is 0. The van der Waals surface area contributed by atoms with Crippen molar-refractivity contribution >= 4 is 0 Å². The first kappa shape index (κ1) is 15.8. The number of halogens is 4. The molecule has 1 aromatic heterocycles. The molecule has 0 saturated heterocycles. The van der Waals surface area contributed by atoms with Gasteiger partial charge < -0.3 is 14.6 Å². The molecule has 1 aromatic rings. The molecule has 1 atom stereocenters. The Labute approximate surface area is 107 Å². The lowest BCUT2D eigenvalue weighted by Gasteiger charge is -2.14. The highest BCUT2D eigenvalue weighted by Crippen LogP contribution is 2.23. The number of nitrogens with one attached hydrogen (secondary N) is 1. The van der Waals surface area contributed by atoms with Crippen LogP contribution >= 0.6 is 0 Å². The molecule has 9 heteroatoms. The first-order chi connectivity index (χ1) is 8.86. The van der Waals surface area contributed by atoms with Crippen molar-refractivity contribution in [1.82, 2.24) is 15.5 Å². The number of rotatable bonds is 8. The minimum absolute atomic E-state index is 0.0322. The Bertz CT molecular complexity index is 387. The molecule has 19 heavy (non-hydrogen) atoms. The third kappa shape index (κ3) is 4.75. The number of hydrogen-bond acceptors (Lipinski definition) is 5. The zero-order valence-electron chi connectivity index (χ0n) is 10.5. The zero-order valence-corrected chi connectivity index (χ0v) is 10.5. The SMILES string of the molecule is CCNC(C)c1nc(COCC(F)(F)C(F)F)no1. The molecular formula is C10H15F4N3O2. The Balaban J connectivity index is 2.42. The monoisotopic (exact) mass is 285 g/mol. The van der Waals surface area contributed by atoms with Crippen molar-refractivity contribution in [3.05, 3.63) is 11.7 Å².